The van der Waals surface area contributed by atoms with E-state index in [1.54, 1.807) is 0 Å². The number of fused-ring (bicyclic) bond motifs is 2. The van der Waals surface area contributed by atoms with Gasteiger partial charge in [0.25, 0.3) is 0 Å². The molecule has 0 radical (unpaired) electrons. The maximum Gasteiger partial charge on any atom is 0.0705 e. The number of hydrogen-bond donors (Lipinski definition) is 0. The van der Waals surface area contributed by atoms with Crippen LogP contribution in [0.5, 0.6) is 0 Å². The van der Waals surface area contributed by atoms with Gasteiger partial charge in [-0.25, -0.2) is 0 Å². The molecule has 0 spiro atoms. The molecule has 1 aliphatic carbocycles. The molecule has 0 aliphatic heterocycles. The normalized spacial score (nSPS) is 20.2. The second-order valence-corrected chi connectivity index (χ2v) is 4.51. The van der Waals surface area contributed by atoms with Crippen molar-refractivity contribution in [2.24, 2.45) is 0 Å². The molecule has 0 bridgehead atoms. The van der Waals surface area contributed by atoms with Gasteiger partial charge >= 0.3 is 0 Å². The lowest BCUT2D eigenvalue weighted by Crippen LogP contribution is -2.09. The number of nitrogens with zero attached hydrogens (tertiary/aromatic N) is 1. The molecule has 1 heterocycles. The Labute approximate surface area is 90.2 Å². The van der Waals surface area contributed by atoms with Gasteiger partial charge in [0.1, 0.15) is 0 Å². The fourth-order valence-electron chi connectivity index (χ4n) is 2.53. The highest BCUT2D eigenvalue weighted by Crippen LogP contribution is 2.31. The second-order valence-electron chi connectivity index (χ2n) is 4.51. The van der Waals surface area contributed by atoms with Crippen LogP contribution in [0.2, 0.25) is 0 Å². The Hall–Kier alpha value is -1.37. The van der Waals surface area contributed by atoms with Crippen LogP contribution in [0.1, 0.15) is 36.9 Å². The zero-order valence-electron chi connectivity index (χ0n) is 9.03. The van der Waals surface area contributed by atoms with Crippen LogP contribution in [0.25, 0.3) is 10.9 Å². The minimum atomic E-state index is 0.686. The number of hydrogen-bond acceptors (Lipinski definition) is 1. The van der Waals surface area contributed by atoms with E-state index >= 15 is 0 Å². The zero-order valence-corrected chi connectivity index (χ0v) is 9.03. The molecule has 3 rings (SSSR count). The van der Waals surface area contributed by atoms with Crippen molar-refractivity contribution in [1.29, 1.82) is 0 Å². The molecular weight excluding hydrogens is 182 g/mol. The largest absolute Gasteiger partial charge is 0.253 e. The van der Waals surface area contributed by atoms with Crippen LogP contribution in [0.3, 0.4) is 0 Å². The SMILES string of the molecule is CC1CCCc2nc3ccccc3cc21. The number of aryl methyl sites for hydroxylation is 1. The van der Waals surface area contributed by atoms with Gasteiger partial charge in [-0.1, -0.05) is 25.1 Å². The van der Waals surface area contributed by atoms with Gasteiger partial charge in [-0.15, -0.1) is 0 Å². The highest BCUT2D eigenvalue weighted by Gasteiger charge is 2.17. The van der Waals surface area contributed by atoms with E-state index < -0.39 is 0 Å². The van der Waals surface area contributed by atoms with Crippen molar-refractivity contribution in [3.63, 3.8) is 0 Å². The van der Waals surface area contributed by atoms with E-state index in [0.29, 0.717) is 5.92 Å². The minimum absolute atomic E-state index is 0.686. The number of pyridine rings is 1. The Morgan fingerprint density at radius 3 is 3.07 bits per heavy atom. The molecular formula is C14H15N. The van der Waals surface area contributed by atoms with Crippen molar-refractivity contribution in [1.82, 2.24) is 4.98 Å². The van der Waals surface area contributed by atoms with Crippen LogP contribution >= 0.6 is 0 Å². The summed E-state index contributed by atoms with van der Waals surface area (Å²) >= 11 is 0. The lowest BCUT2D eigenvalue weighted by Gasteiger charge is -2.21. The predicted molar refractivity (Wildman–Crippen MR) is 63.1 cm³/mol. The molecule has 0 saturated carbocycles. The number of rotatable bonds is 0. The summed E-state index contributed by atoms with van der Waals surface area (Å²) in [5.41, 5.74) is 3.94. The molecule has 15 heavy (non-hydrogen) atoms. The third-order valence-corrected chi connectivity index (χ3v) is 3.42. The average Bonchev–Trinajstić information content (AvgIpc) is 2.27. The minimum Gasteiger partial charge on any atom is -0.253 e. The van der Waals surface area contributed by atoms with E-state index in [4.69, 9.17) is 4.98 Å². The summed E-state index contributed by atoms with van der Waals surface area (Å²) in [5.74, 6) is 0.686. The molecule has 0 N–H and O–H groups in total. The Morgan fingerprint density at radius 2 is 2.13 bits per heavy atom. The van der Waals surface area contributed by atoms with Crippen molar-refractivity contribution in [3.8, 4) is 0 Å². The van der Waals surface area contributed by atoms with Crippen LogP contribution in [0.15, 0.2) is 30.3 Å². The third-order valence-electron chi connectivity index (χ3n) is 3.42. The molecule has 76 valence electrons. The summed E-state index contributed by atoms with van der Waals surface area (Å²) < 4.78 is 0. The van der Waals surface area contributed by atoms with Crippen LogP contribution in [0.4, 0.5) is 0 Å². The third kappa shape index (κ3) is 1.43. The monoisotopic (exact) mass is 197 g/mol. The summed E-state index contributed by atoms with van der Waals surface area (Å²) in [4.78, 5) is 4.77. The fraction of sp³-hybridized carbons (Fsp3) is 0.357. The lowest BCUT2D eigenvalue weighted by atomic mass is 9.86. The highest BCUT2D eigenvalue weighted by atomic mass is 14.7. The Kier molecular flexibility index (Phi) is 1.98. The molecule has 1 unspecified atom stereocenters. The Balaban J connectivity index is 2.27. The van der Waals surface area contributed by atoms with Gasteiger partial charge in [0.05, 0.1) is 5.52 Å². The molecule has 1 atom stereocenters. The van der Waals surface area contributed by atoms with E-state index in [1.165, 1.54) is 29.5 Å². The molecule has 1 heteroatoms. The fourth-order valence-corrected chi connectivity index (χ4v) is 2.53. The van der Waals surface area contributed by atoms with Crippen molar-refractivity contribution in [2.75, 3.05) is 0 Å². The molecule has 1 aromatic carbocycles. The van der Waals surface area contributed by atoms with Crippen molar-refractivity contribution < 1.29 is 0 Å². The first kappa shape index (κ1) is 8.90. The average molecular weight is 197 g/mol. The van der Waals surface area contributed by atoms with Gasteiger partial charge in [0.2, 0.25) is 0 Å². The summed E-state index contributed by atoms with van der Waals surface area (Å²) in [5, 5.41) is 1.28. The van der Waals surface area contributed by atoms with E-state index in [9.17, 15) is 0 Å². The summed E-state index contributed by atoms with van der Waals surface area (Å²) in [7, 11) is 0. The van der Waals surface area contributed by atoms with Crippen molar-refractivity contribution in [3.05, 3.63) is 41.6 Å². The standard InChI is InChI=1S/C14H15N/c1-10-5-4-8-14-12(10)9-11-6-2-3-7-13(11)15-14/h2-3,6-7,9-10H,4-5,8H2,1H3. The maximum atomic E-state index is 4.77. The highest BCUT2D eigenvalue weighted by molar-refractivity contribution is 5.79. The van der Waals surface area contributed by atoms with Gasteiger partial charge in [-0.05, 0) is 42.9 Å². The topological polar surface area (TPSA) is 12.9 Å². The second kappa shape index (κ2) is 3.34. The molecule has 1 aliphatic rings. The van der Waals surface area contributed by atoms with Crippen molar-refractivity contribution >= 4 is 10.9 Å². The quantitative estimate of drug-likeness (QED) is 0.628. The number of para-hydroxylation sites is 1. The van der Waals surface area contributed by atoms with Crippen LogP contribution in [-0.4, -0.2) is 4.98 Å². The van der Waals surface area contributed by atoms with E-state index in [2.05, 4.69) is 37.3 Å². The van der Waals surface area contributed by atoms with Crippen LogP contribution < -0.4 is 0 Å². The Bertz CT molecular complexity index is 502. The number of aromatic nitrogens is 1. The van der Waals surface area contributed by atoms with Crippen molar-refractivity contribution in [2.45, 2.75) is 32.1 Å². The van der Waals surface area contributed by atoms with Gasteiger partial charge in [-0.3, -0.25) is 4.98 Å². The summed E-state index contributed by atoms with van der Waals surface area (Å²) in [6.45, 7) is 2.31. The molecule has 1 nitrogen and oxygen atoms in total. The zero-order chi connectivity index (χ0) is 10.3. The molecule has 0 amide bonds. The molecule has 1 aromatic heterocycles. The van der Waals surface area contributed by atoms with E-state index in [1.807, 2.05) is 0 Å². The summed E-state index contributed by atoms with van der Waals surface area (Å²) in [6, 6.07) is 10.7. The van der Waals surface area contributed by atoms with E-state index in [0.717, 1.165) is 11.9 Å². The Morgan fingerprint density at radius 1 is 1.27 bits per heavy atom. The van der Waals surface area contributed by atoms with Gasteiger partial charge < -0.3 is 0 Å². The molecule has 0 saturated heterocycles. The van der Waals surface area contributed by atoms with Gasteiger partial charge in [0.15, 0.2) is 0 Å². The van der Waals surface area contributed by atoms with Gasteiger partial charge in [0, 0.05) is 11.1 Å². The number of benzene rings is 1. The first-order valence-corrected chi connectivity index (χ1v) is 5.73. The van der Waals surface area contributed by atoms with E-state index in [-0.39, 0.29) is 0 Å². The van der Waals surface area contributed by atoms with Crippen LogP contribution in [-0.2, 0) is 6.42 Å². The van der Waals surface area contributed by atoms with Crippen LogP contribution in [0, 0.1) is 0 Å². The summed E-state index contributed by atoms with van der Waals surface area (Å²) in [6.07, 6.45) is 3.76. The molecule has 2 aromatic rings. The predicted octanol–water partition coefficient (Wildman–Crippen LogP) is 3.67. The first-order valence-electron chi connectivity index (χ1n) is 5.73. The molecule has 0 fully saturated rings. The maximum absolute atomic E-state index is 4.77. The van der Waals surface area contributed by atoms with Gasteiger partial charge in [-0.2, -0.15) is 0 Å². The first-order chi connectivity index (χ1) is 7.34. The lowest BCUT2D eigenvalue weighted by molar-refractivity contribution is 0.581. The smallest absolute Gasteiger partial charge is 0.0705 e.